The van der Waals surface area contributed by atoms with Crippen molar-refractivity contribution in [3.05, 3.63) is 29.6 Å². The van der Waals surface area contributed by atoms with Gasteiger partial charge in [0.1, 0.15) is 5.69 Å². The fourth-order valence-corrected chi connectivity index (χ4v) is 1.19. The lowest BCUT2D eigenvalue weighted by Gasteiger charge is -2.15. The first-order valence-corrected chi connectivity index (χ1v) is 5.87. The summed E-state index contributed by atoms with van der Waals surface area (Å²) in [6.45, 7) is -1.55. The molecule has 1 rings (SSSR count). The van der Waals surface area contributed by atoms with Gasteiger partial charge in [-0.15, -0.1) is 0 Å². The largest absolute Gasteiger partial charge is 0.395 e. The average Bonchev–Trinajstić information content (AvgIpc) is 2.45. The molecule has 0 aliphatic rings. The van der Waals surface area contributed by atoms with Crippen LogP contribution < -0.4 is 5.32 Å². The van der Waals surface area contributed by atoms with Crippen LogP contribution in [0, 0.1) is 11.8 Å². The molecule has 0 saturated heterocycles. The van der Waals surface area contributed by atoms with Crippen LogP contribution in [0.15, 0.2) is 18.3 Å². The zero-order valence-corrected chi connectivity index (χ0v) is 10.7. The highest BCUT2D eigenvalue weighted by atomic mass is 19.3. The number of rotatable bonds is 5. The summed E-state index contributed by atoms with van der Waals surface area (Å²) >= 11 is 0. The molecule has 0 atom stereocenters. The summed E-state index contributed by atoms with van der Waals surface area (Å²) in [5.41, 5.74) is 0.283. The van der Waals surface area contributed by atoms with Crippen molar-refractivity contribution in [2.24, 2.45) is 0 Å². The Morgan fingerprint density at radius 2 is 2.14 bits per heavy atom. The number of pyridine rings is 1. The van der Waals surface area contributed by atoms with E-state index < -0.39 is 24.8 Å². The Balaban J connectivity index is 2.62. The Morgan fingerprint density at radius 1 is 1.43 bits per heavy atom. The quantitative estimate of drug-likeness (QED) is 0.639. The van der Waals surface area contributed by atoms with E-state index in [1.54, 1.807) is 5.32 Å². The lowest BCUT2D eigenvalue weighted by Crippen LogP contribution is -2.41. The molecule has 0 aliphatic carbocycles. The molecular weight excluding hydrogens is 292 g/mol. The van der Waals surface area contributed by atoms with Gasteiger partial charge in [0.15, 0.2) is 0 Å². The van der Waals surface area contributed by atoms with Crippen LogP contribution in [0.5, 0.6) is 0 Å². The van der Waals surface area contributed by atoms with E-state index in [0.29, 0.717) is 5.56 Å². The number of carbonyl (C=O) groups is 1. The number of amides is 1. The second kappa shape index (κ2) is 7.59. The Labute approximate surface area is 118 Å². The van der Waals surface area contributed by atoms with Gasteiger partial charge in [-0.2, -0.15) is 8.78 Å². The second-order valence-electron chi connectivity index (χ2n) is 3.95. The highest BCUT2D eigenvalue weighted by molar-refractivity contribution is 5.92. The van der Waals surface area contributed by atoms with E-state index in [1.165, 1.54) is 18.3 Å². The van der Waals surface area contributed by atoms with Crippen LogP contribution in [0.4, 0.5) is 17.6 Å². The van der Waals surface area contributed by atoms with Crippen molar-refractivity contribution in [3.8, 4) is 11.8 Å². The third kappa shape index (κ3) is 5.39. The highest BCUT2D eigenvalue weighted by Gasteiger charge is 2.40. The Hall–Kier alpha value is -2.14. The molecule has 1 amide bonds. The molecule has 1 heterocycles. The van der Waals surface area contributed by atoms with Crippen molar-refractivity contribution in [1.29, 1.82) is 0 Å². The molecule has 0 unspecified atom stereocenters. The van der Waals surface area contributed by atoms with Crippen LogP contribution in [0.3, 0.4) is 0 Å². The third-order valence-electron chi connectivity index (χ3n) is 2.27. The second-order valence-corrected chi connectivity index (χ2v) is 3.95. The van der Waals surface area contributed by atoms with Crippen molar-refractivity contribution in [2.75, 3.05) is 13.2 Å². The van der Waals surface area contributed by atoms with Crippen molar-refractivity contribution < 1.29 is 27.5 Å². The molecule has 0 radical (unpaired) electrons. The van der Waals surface area contributed by atoms with Crippen LogP contribution in [-0.4, -0.2) is 41.5 Å². The number of aliphatic hydroxyl groups excluding tert-OH is 1. The normalized spacial score (nSPS) is 11.0. The predicted octanol–water partition coefficient (Wildman–Crippen LogP) is 1.45. The number of hydrogen-bond donors (Lipinski definition) is 2. The highest BCUT2D eigenvalue weighted by Crippen LogP contribution is 2.21. The third-order valence-corrected chi connectivity index (χ3v) is 2.27. The monoisotopic (exact) mass is 304 g/mol. The number of nitrogens with one attached hydrogen (secondary N) is 1. The first kappa shape index (κ1) is 16.9. The van der Waals surface area contributed by atoms with Gasteiger partial charge in [0.2, 0.25) is 0 Å². The molecule has 21 heavy (non-hydrogen) atoms. The molecule has 0 fully saturated rings. The minimum absolute atomic E-state index is 0.0841. The molecule has 4 nitrogen and oxygen atoms in total. The zero-order chi connectivity index (χ0) is 15.9. The van der Waals surface area contributed by atoms with Crippen LogP contribution in [0.2, 0.25) is 0 Å². The minimum atomic E-state index is -4.29. The minimum Gasteiger partial charge on any atom is -0.395 e. The van der Waals surface area contributed by atoms with Gasteiger partial charge in [0.05, 0.1) is 13.2 Å². The molecule has 114 valence electrons. The maximum atomic E-state index is 12.6. The van der Waals surface area contributed by atoms with Gasteiger partial charge < -0.3 is 10.4 Å². The van der Waals surface area contributed by atoms with Gasteiger partial charge in [-0.05, 0) is 12.1 Å². The fourth-order valence-electron chi connectivity index (χ4n) is 1.19. The van der Waals surface area contributed by atoms with Gasteiger partial charge in [-0.1, -0.05) is 11.8 Å². The van der Waals surface area contributed by atoms with E-state index in [1.807, 2.05) is 0 Å². The van der Waals surface area contributed by atoms with E-state index in [0.717, 1.165) is 0 Å². The molecule has 0 aliphatic heterocycles. The molecular formula is C13H12F4N2O2. The molecule has 1 aromatic heterocycles. The van der Waals surface area contributed by atoms with E-state index >= 15 is 0 Å². The van der Waals surface area contributed by atoms with Gasteiger partial charge in [-0.25, -0.2) is 13.8 Å². The first-order valence-electron chi connectivity index (χ1n) is 5.87. The molecule has 8 heteroatoms. The summed E-state index contributed by atoms with van der Waals surface area (Å²) in [5.74, 6) is 0.0264. The van der Waals surface area contributed by atoms with Crippen LogP contribution >= 0.6 is 0 Å². The number of carbonyl (C=O) groups excluding carboxylic acids is 1. The molecule has 0 bridgehead atoms. The van der Waals surface area contributed by atoms with Gasteiger partial charge in [-0.3, -0.25) is 4.79 Å². The van der Waals surface area contributed by atoms with E-state index in [2.05, 4.69) is 16.8 Å². The number of aliphatic hydroxyl groups is 1. The van der Waals surface area contributed by atoms with Gasteiger partial charge in [0.25, 0.3) is 5.91 Å². The average molecular weight is 304 g/mol. The standard InChI is InChI=1S/C13H12F4N2O2/c14-12(15)13(16,17)8-19-11(21)10-5-4-9(7-18-10)3-1-2-6-20/h4-5,7,12,20H,2,6,8H2,(H,19,21). The summed E-state index contributed by atoms with van der Waals surface area (Å²) in [5, 5.41) is 10.2. The number of aromatic nitrogens is 1. The SMILES string of the molecule is O=C(NCC(F)(F)C(F)F)c1ccc(C#CCCO)cn1. The van der Waals surface area contributed by atoms with Crippen molar-refractivity contribution in [3.63, 3.8) is 0 Å². The number of nitrogens with zero attached hydrogens (tertiary/aromatic N) is 1. The number of hydrogen-bond acceptors (Lipinski definition) is 3. The maximum absolute atomic E-state index is 12.6. The lowest BCUT2D eigenvalue weighted by atomic mass is 10.2. The Kier molecular flexibility index (Phi) is 6.11. The van der Waals surface area contributed by atoms with Crippen molar-refractivity contribution >= 4 is 5.91 Å². The molecule has 2 N–H and O–H groups in total. The van der Waals surface area contributed by atoms with Crippen LogP contribution in [-0.2, 0) is 0 Å². The Bertz CT molecular complexity index is 535. The van der Waals surface area contributed by atoms with Crippen LogP contribution in [0.25, 0.3) is 0 Å². The fraction of sp³-hybridized carbons (Fsp3) is 0.385. The number of alkyl halides is 4. The van der Waals surface area contributed by atoms with E-state index in [-0.39, 0.29) is 18.7 Å². The topological polar surface area (TPSA) is 62.2 Å². The molecule has 1 aromatic rings. The van der Waals surface area contributed by atoms with Gasteiger partial charge >= 0.3 is 12.3 Å². The number of halogens is 4. The maximum Gasteiger partial charge on any atom is 0.324 e. The molecule has 0 saturated carbocycles. The molecule has 0 aromatic carbocycles. The van der Waals surface area contributed by atoms with E-state index in [4.69, 9.17) is 5.11 Å². The Morgan fingerprint density at radius 3 is 2.67 bits per heavy atom. The predicted molar refractivity (Wildman–Crippen MR) is 66.1 cm³/mol. The van der Waals surface area contributed by atoms with Crippen molar-refractivity contribution in [2.45, 2.75) is 18.8 Å². The van der Waals surface area contributed by atoms with E-state index in [9.17, 15) is 22.4 Å². The lowest BCUT2D eigenvalue weighted by molar-refractivity contribution is -0.123. The van der Waals surface area contributed by atoms with Gasteiger partial charge in [0, 0.05) is 18.2 Å². The summed E-state index contributed by atoms with van der Waals surface area (Å²) in [7, 11) is 0. The van der Waals surface area contributed by atoms with Crippen LogP contribution in [0.1, 0.15) is 22.5 Å². The smallest absolute Gasteiger partial charge is 0.324 e. The molecule has 0 spiro atoms. The summed E-state index contributed by atoms with van der Waals surface area (Å²) < 4.78 is 49.1. The summed E-state index contributed by atoms with van der Waals surface area (Å²) in [6.07, 6.45) is -2.33. The zero-order valence-electron chi connectivity index (χ0n) is 10.7. The van der Waals surface area contributed by atoms with Crippen molar-refractivity contribution in [1.82, 2.24) is 10.3 Å². The first-order chi connectivity index (χ1) is 9.86. The summed E-state index contributed by atoms with van der Waals surface area (Å²) in [6, 6.07) is 2.66. The summed E-state index contributed by atoms with van der Waals surface area (Å²) in [4.78, 5) is 15.2.